The Balaban J connectivity index is 1.71. The molecule has 3 rings (SSSR count). The summed E-state index contributed by atoms with van der Waals surface area (Å²) in [6, 6.07) is 11.0. The molecule has 2 heterocycles. The summed E-state index contributed by atoms with van der Waals surface area (Å²) >= 11 is 0. The van der Waals surface area contributed by atoms with E-state index in [9.17, 15) is 5.11 Å². The molecule has 0 bridgehead atoms. The molecular weight excluding hydrogens is 298 g/mol. The second-order valence-corrected chi connectivity index (χ2v) is 7.28. The van der Waals surface area contributed by atoms with Crippen LogP contribution in [0.2, 0.25) is 0 Å². The Bertz CT molecular complexity index is 653. The van der Waals surface area contributed by atoms with Crippen LogP contribution < -0.4 is 0 Å². The number of nitrogens with zero attached hydrogens (tertiary/aromatic N) is 3. The minimum absolute atomic E-state index is 0.269. The van der Waals surface area contributed by atoms with Gasteiger partial charge in [-0.05, 0) is 30.0 Å². The maximum Gasteiger partial charge on any atom is 0.0705 e. The third-order valence-electron chi connectivity index (χ3n) is 4.88. The molecule has 130 valence electrons. The molecule has 1 unspecified atom stereocenters. The van der Waals surface area contributed by atoms with Crippen LogP contribution in [0.1, 0.15) is 25.8 Å². The number of aromatic nitrogens is 1. The van der Waals surface area contributed by atoms with Crippen molar-refractivity contribution in [2.24, 2.45) is 5.92 Å². The van der Waals surface area contributed by atoms with Gasteiger partial charge in [0.15, 0.2) is 0 Å². The minimum Gasteiger partial charge on any atom is -0.396 e. The van der Waals surface area contributed by atoms with Gasteiger partial charge in [-0.15, -0.1) is 0 Å². The second-order valence-electron chi connectivity index (χ2n) is 7.28. The highest BCUT2D eigenvalue weighted by Crippen LogP contribution is 2.21. The van der Waals surface area contributed by atoms with Crippen LogP contribution in [0.3, 0.4) is 0 Å². The number of rotatable bonds is 6. The maximum atomic E-state index is 9.43. The summed E-state index contributed by atoms with van der Waals surface area (Å²) < 4.78 is 0. The summed E-state index contributed by atoms with van der Waals surface area (Å²) in [5.41, 5.74) is 2.42. The number of benzene rings is 1. The van der Waals surface area contributed by atoms with E-state index in [1.54, 1.807) is 0 Å². The SMILES string of the molecule is CC(C)CN1CCN(Cc2ccnc3ccccc23)CC1CCO. The van der Waals surface area contributed by atoms with Crippen molar-refractivity contribution < 1.29 is 5.11 Å². The van der Waals surface area contributed by atoms with Crippen LogP contribution in [-0.2, 0) is 6.54 Å². The van der Waals surface area contributed by atoms with E-state index in [4.69, 9.17) is 0 Å². The van der Waals surface area contributed by atoms with Gasteiger partial charge < -0.3 is 5.11 Å². The lowest BCUT2D eigenvalue weighted by Crippen LogP contribution is -2.53. The molecule has 4 heteroatoms. The molecule has 2 aromatic rings. The molecule has 1 fully saturated rings. The van der Waals surface area contributed by atoms with Gasteiger partial charge in [-0.25, -0.2) is 0 Å². The van der Waals surface area contributed by atoms with E-state index >= 15 is 0 Å². The Labute approximate surface area is 145 Å². The number of piperazine rings is 1. The van der Waals surface area contributed by atoms with Gasteiger partial charge in [0, 0.05) is 57.0 Å². The van der Waals surface area contributed by atoms with Crippen molar-refractivity contribution >= 4 is 10.9 Å². The third kappa shape index (κ3) is 4.12. The number of hydrogen-bond donors (Lipinski definition) is 1. The molecule has 0 spiro atoms. The zero-order valence-electron chi connectivity index (χ0n) is 14.9. The highest BCUT2D eigenvalue weighted by Gasteiger charge is 2.27. The highest BCUT2D eigenvalue weighted by atomic mass is 16.3. The molecule has 0 amide bonds. The number of fused-ring (bicyclic) bond motifs is 1. The molecule has 1 atom stereocenters. The molecule has 0 aliphatic carbocycles. The average molecular weight is 327 g/mol. The first kappa shape index (κ1) is 17.3. The molecule has 1 aromatic carbocycles. The Hall–Kier alpha value is -1.49. The molecule has 1 aliphatic rings. The van der Waals surface area contributed by atoms with Crippen molar-refractivity contribution in [1.82, 2.24) is 14.8 Å². The largest absolute Gasteiger partial charge is 0.396 e. The lowest BCUT2D eigenvalue weighted by molar-refractivity contribution is 0.0478. The Kier molecular flexibility index (Phi) is 5.82. The second kappa shape index (κ2) is 8.06. The molecule has 1 aromatic heterocycles. The normalized spacial score (nSPS) is 20.1. The van der Waals surface area contributed by atoms with E-state index in [0.29, 0.717) is 12.0 Å². The summed E-state index contributed by atoms with van der Waals surface area (Å²) in [5.74, 6) is 0.668. The molecule has 24 heavy (non-hydrogen) atoms. The lowest BCUT2D eigenvalue weighted by Gasteiger charge is -2.42. The molecule has 1 saturated heterocycles. The van der Waals surface area contributed by atoms with Gasteiger partial charge >= 0.3 is 0 Å². The van der Waals surface area contributed by atoms with E-state index in [2.05, 4.69) is 52.9 Å². The van der Waals surface area contributed by atoms with Gasteiger partial charge in [0.05, 0.1) is 5.52 Å². The van der Waals surface area contributed by atoms with E-state index in [0.717, 1.165) is 44.7 Å². The summed E-state index contributed by atoms with van der Waals surface area (Å²) in [6.07, 6.45) is 2.78. The molecule has 0 radical (unpaired) electrons. The van der Waals surface area contributed by atoms with Crippen molar-refractivity contribution in [1.29, 1.82) is 0 Å². The van der Waals surface area contributed by atoms with Gasteiger partial charge in [-0.3, -0.25) is 14.8 Å². The van der Waals surface area contributed by atoms with E-state index in [-0.39, 0.29) is 6.61 Å². The van der Waals surface area contributed by atoms with Crippen LogP contribution in [0.15, 0.2) is 36.5 Å². The topological polar surface area (TPSA) is 39.6 Å². The summed E-state index contributed by atoms with van der Waals surface area (Å²) in [5, 5.41) is 10.7. The number of aliphatic hydroxyl groups is 1. The Morgan fingerprint density at radius 1 is 1.21 bits per heavy atom. The van der Waals surface area contributed by atoms with Crippen LogP contribution in [0.25, 0.3) is 10.9 Å². The minimum atomic E-state index is 0.269. The molecule has 1 N–H and O–H groups in total. The first-order valence-corrected chi connectivity index (χ1v) is 9.07. The van der Waals surface area contributed by atoms with Gasteiger partial charge in [-0.2, -0.15) is 0 Å². The van der Waals surface area contributed by atoms with Gasteiger partial charge in [0.25, 0.3) is 0 Å². The van der Waals surface area contributed by atoms with Gasteiger partial charge in [-0.1, -0.05) is 32.0 Å². The predicted molar refractivity (Wildman–Crippen MR) is 98.9 cm³/mol. The first-order chi connectivity index (χ1) is 11.7. The van der Waals surface area contributed by atoms with Crippen molar-refractivity contribution in [3.05, 3.63) is 42.1 Å². The molecule has 4 nitrogen and oxygen atoms in total. The number of aliphatic hydroxyl groups excluding tert-OH is 1. The van der Waals surface area contributed by atoms with E-state index in [1.807, 2.05) is 12.3 Å². The van der Waals surface area contributed by atoms with Gasteiger partial charge in [0.1, 0.15) is 0 Å². The van der Waals surface area contributed by atoms with Crippen LogP contribution in [0.4, 0.5) is 0 Å². The lowest BCUT2D eigenvalue weighted by atomic mass is 10.0. The van der Waals surface area contributed by atoms with E-state index in [1.165, 1.54) is 10.9 Å². The summed E-state index contributed by atoms with van der Waals surface area (Å²) in [6.45, 7) is 10.1. The summed E-state index contributed by atoms with van der Waals surface area (Å²) in [4.78, 5) is 9.55. The maximum absolute atomic E-state index is 9.43. The molecule has 1 aliphatic heterocycles. The van der Waals surface area contributed by atoms with Crippen molar-refractivity contribution in [3.8, 4) is 0 Å². The highest BCUT2D eigenvalue weighted by molar-refractivity contribution is 5.81. The molecular formula is C20H29N3O. The zero-order valence-corrected chi connectivity index (χ0v) is 14.9. The van der Waals surface area contributed by atoms with Crippen molar-refractivity contribution in [2.75, 3.05) is 32.8 Å². The standard InChI is InChI=1S/C20H29N3O/c1-16(2)13-23-11-10-22(15-18(23)8-12-24)14-17-7-9-21-20-6-4-3-5-19(17)20/h3-7,9,16,18,24H,8,10-15H2,1-2H3. The van der Waals surface area contributed by atoms with E-state index < -0.39 is 0 Å². The Morgan fingerprint density at radius 2 is 2.04 bits per heavy atom. The smallest absolute Gasteiger partial charge is 0.0705 e. The van der Waals surface area contributed by atoms with Crippen molar-refractivity contribution in [3.63, 3.8) is 0 Å². The number of pyridine rings is 1. The van der Waals surface area contributed by atoms with Crippen molar-refractivity contribution in [2.45, 2.75) is 32.9 Å². The number of hydrogen-bond acceptors (Lipinski definition) is 4. The fourth-order valence-corrected chi connectivity index (χ4v) is 3.77. The first-order valence-electron chi connectivity index (χ1n) is 9.07. The number of para-hydroxylation sites is 1. The fourth-order valence-electron chi connectivity index (χ4n) is 3.77. The third-order valence-corrected chi connectivity index (χ3v) is 4.88. The average Bonchev–Trinajstić information content (AvgIpc) is 2.57. The van der Waals surface area contributed by atoms with Crippen LogP contribution in [-0.4, -0.2) is 58.7 Å². The molecule has 0 saturated carbocycles. The monoisotopic (exact) mass is 327 g/mol. The van der Waals surface area contributed by atoms with Crippen LogP contribution in [0.5, 0.6) is 0 Å². The summed E-state index contributed by atoms with van der Waals surface area (Å²) in [7, 11) is 0. The van der Waals surface area contributed by atoms with Gasteiger partial charge in [0.2, 0.25) is 0 Å². The Morgan fingerprint density at radius 3 is 2.83 bits per heavy atom. The van der Waals surface area contributed by atoms with Crippen LogP contribution >= 0.6 is 0 Å². The zero-order chi connectivity index (χ0) is 16.9. The van der Waals surface area contributed by atoms with Crippen LogP contribution in [0, 0.1) is 5.92 Å². The quantitative estimate of drug-likeness (QED) is 0.885. The predicted octanol–water partition coefficient (Wildman–Crippen LogP) is 2.76. The fraction of sp³-hybridized carbons (Fsp3) is 0.550.